The number of aromatic nitrogens is 2. The summed E-state index contributed by atoms with van der Waals surface area (Å²) in [5.41, 5.74) is 1.29. The minimum absolute atomic E-state index is 0.0267. The number of methoxy groups -OCH3 is 1. The zero-order valence-electron chi connectivity index (χ0n) is 12.6. The van der Waals surface area contributed by atoms with Gasteiger partial charge in [-0.2, -0.15) is 0 Å². The van der Waals surface area contributed by atoms with Crippen LogP contribution in [0.5, 0.6) is 11.6 Å². The minimum atomic E-state index is -0.545. The first-order valence-electron chi connectivity index (χ1n) is 6.59. The smallest absolute Gasteiger partial charge is 0.358 e. The maximum Gasteiger partial charge on any atom is 0.358 e. The zero-order chi connectivity index (χ0) is 15.5. The third-order valence-electron chi connectivity index (χ3n) is 2.93. The Labute approximate surface area is 124 Å². The summed E-state index contributed by atoms with van der Waals surface area (Å²) in [7, 11) is 1.30. The molecule has 0 aliphatic rings. The summed E-state index contributed by atoms with van der Waals surface area (Å²) < 4.78 is 10.3. The van der Waals surface area contributed by atoms with Gasteiger partial charge in [-0.15, -0.1) is 0 Å². The lowest BCUT2D eigenvalue weighted by atomic mass is 9.87. The van der Waals surface area contributed by atoms with Crippen molar-refractivity contribution in [2.75, 3.05) is 7.11 Å². The van der Waals surface area contributed by atoms with Gasteiger partial charge in [-0.3, -0.25) is 4.98 Å². The van der Waals surface area contributed by atoms with Crippen molar-refractivity contribution >= 4 is 5.97 Å². The van der Waals surface area contributed by atoms with Crippen LogP contribution in [0.4, 0.5) is 0 Å². The van der Waals surface area contributed by atoms with E-state index in [2.05, 4.69) is 35.5 Å². The van der Waals surface area contributed by atoms with E-state index in [9.17, 15) is 4.79 Å². The van der Waals surface area contributed by atoms with Gasteiger partial charge in [-0.1, -0.05) is 32.9 Å². The number of hydrogen-bond donors (Lipinski definition) is 0. The molecule has 0 bridgehead atoms. The van der Waals surface area contributed by atoms with Crippen molar-refractivity contribution in [1.29, 1.82) is 0 Å². The van der Waals surface area contributed by atoms with Gasteiger partial charge in [0.2, 0.25) is 5.88 Å². The van der Waals surface area contributed by atoms with Crippen LogP contribution in [0.1, 0.15) is 36.8 Å². The Kier molecular flexibility index (Phi) is 4.21. The molecule has 5 heteroatoms. The van der Waals surface area contributed by atoms with Gasteiger partial charge in [0.05, 0.1) is 19.5 Å². The highest BCUT2D eigenvalue weighted by atomic mass is 16.5. The quantitative estimate of drug-likeness (QED) is 0.810. The molecule has 1 heterocycles. The molecule has 0 aliphatic carbocycles. The van der Waals surface area contributed by atoms with Gasteiger partial charge in [-0.05, 0) is 23.1 Å². The largest absolute Gasteiger partial charge is 0.464 e. The van der Waals surface area contributed by atoms with Crippen molar-refractivity contribution in [1.82, 2.24) is 9.97 Å². The number of rotatable bonds is 3. The maximum atomic E-state index is 11.4. The molecule has 1 aromatic carbocycles. The van der Waals surface area contributed by atoms with E-state index in [1.165, 1.54) is 19.5 Å². The number of hydrogen-bond acceptors (Lipinski definition) is 5. The first-order valence-corrected chi connectivity index (χ1v) is 6.59. The summed E-state index contributed by atoms with van der Waals surface area (Å²) in [4.78, 5) is 19.4. The van der Waals surface area contributed by atoms with E-state index in [-0.39, 0.29) is 17.0 Å². The molecular weight excluding hydrogens is 268 g/mol. The second kappa shape index (κ2) is 5.91. The standard InChI is InChI=1S/C16H18N2O3/c1-16(2,3)11-6-5-7-12(8-11)21-14-10-17-9-13(18-14)15(19)20-4/h5-10H,1-4H3. The zero-order valence-corrected chi connectivity index (χ0v) is 12.6. The van der Waals surface area contributed by atoms with E-state index >= 15 is 0 Å². The first kappa shape index (κ1) is 15.0. The highest BCUT2D eigenvalue weighted by Crippen LogP contribution is 2.27. The molecule has 110 valence electrons. The van der Waals surface area contributed by atoms with E-state index in [1.54, 1.807) is 0 Å². The molecule has 0 atom stereocenters. The third-order valence-corrected chi connectivity index (χ3v) is 2.93. The normalized spacial score (nSPS) is 11.0. The van der Waals surface area contributed by atoms with Gasteiger partial charge in [-0.25, -0.2) is 9.78 Å². The summed E-state index contributed by atoms with van der Waals surface area (Å²) in [6.07, 6.45) is 2.79. The highest BCUT2D eigenvalue weighted by Gasteiger charge is 2.15. The molecule has 2 aromatic rings. The first-order chi connectivity index (χ1) is 9.90. The van der Waals surface area contributed by atoms with Crippen molar-refractivity contribution in [2.45, 2.75) is 26.2 Å². The number of carbonyl (C=O) groups is 1. The second-order valence-corrected chi connectivity index (χ2v) is 5.61. The van der Waals surface area contributed by atoms with Crippen LogP contribution in [0, 0.1) is 0 Å². The Balaban J connectivity index is 2.24. The molecule has 2 rings (SSSR count). The minimum Gasteiger partial charge on any atom is -0.464 e. The van der Waals surface area contributed by atoms with Crippen molar-refractivity contribution in [3.05, 3.63) is 47.9 Å². The molecule has 0 saturated heterocycles. The molecule has 21 heavy (non-hydrogen) atoms. The molecule has 0 unspecified atom stereocenters. The van der Waals surface area contributed by atoms with Crippen molar-refractivity contribution < 1.29 is 14.3 Å². The van der Waals surface area contributed by atoms with Gasteiger partial charge >= 0.3 is 5.97 Å². The molecule has 0 aliphatic heterocycles. The fourth-order valence-corrected chi connectivity index (χ4v) is 1.75. The number of carbonyl (C=O) groups excluding carboxylic acids is 1. The van der Waals surface area contributed by atoms with Crippen molar-refractivity contribution in [3.8, 4) is 11.6 Å². The van der Waals surface area contributed by atoms with E-state index < -0.39 is 5.97 Å². The predicted molar refractivity (Wildman–Crippen MR) is 78.6 cm³/mol. The molecule has 0 amide bonds. The van der Waals surface area contributed by atoms with Gasteiger partial charge in [0, 0.05) is 0 Å². The lowest BCUT2D eigenvalue weighted by Gasteiger charge is -2.19. The number of benzene rings is 1. The van der Waals surface area contributed by atoms with Gasteiger partial charge < -0.3 is 9.47 Å². The van der Waals surface area contributed by atoms with Crippen molar-refractivity contribution in [3.63, 3.8) is 0 Å². The second-order valence-electron chi connectivity index (χ2n) is 5.61. The number of nitrogens with zero attached hydrogens (tertiary/aromatic N) is 2. The number of ether oxygens (including phenoxy) is 2. The SMILES string of the molecule is COC(=O)c1cncc(Oc2cccc(C(C)(C)C)c2)n1. The molecule has 5 nitrogen and oxygen atoms in total. The molecule has 0 saturated carbocycles. The molecule has 1 aromatic heterocycles. The highest BCUT2D eigenvalue weighted by molar-refractivity contribution is 5.86. The van der Waals surface area contributed by atoms with Crippen LogP contribution in [0.2, 0.25) is 0 Å². The lowest BCUT2D eigenvalue weighted by Crippen LogP contribution is -2.10. The Bertz CT molecular complexity index is 648. The predicted octanol–water partition coefficient (Wildman–Crippen LogP) is 3.35. The van der Waals surface area contributed by atoms with Crippen LogP contribution in [-0.2, 0) is 10.2 Å². The average Bonchev–Trinajstić information content (AvgIpc) is 2.46. The Morgan fingerprint density at radius 1 is 1.19 bits per heavy atom. The maximum absolute atomic E-state index is 11.4. The summed E-state index contributed by atoms with van der Waals surface area (Å²) in [5.74, 6) is 0.360. The Morgan fingerprint density at radius 2 is 1.95 bits per heavy atom. The molecule has 0 fully saturated rings. The molecule has 0 N–H and O–H groups in total. The van der Waals surface area contributed by atoms with Crippen LogP contribution in [0.25, 0.3) is 0 Å². The monoisotopic (exact) mass is 286 g/mol. The van der Waals surface area contributed by atoms with Gasteiger partial charge in [0.1, 0.15) is 5.75 Å². The fraction of sp³-hybridized carbons (Fsp3) is 0.312. The summed E-state index contributed by atoms with van der Waals surface area (Å²) in [6, 6.07) is 7.76. The lowest BCUT2D eigenvalue weighted by molar-refractivity contribution is 0.0592. The van der Waals surface area contributed by atoms with Gasteiger partial charge in [0.25, 0.3) is 0 Å². The van der Waals surface area contributed by atoms with Crippen LogP contribution in [0.3, 0.4) is 0 Å². The van der Waals surface area contributed by atoms with Crippen LogP contribution in [-0.4, -0.2) is 23.0 Å². The average molecular weight is 286 g/mol. The molecular formula is C16H18N2O3. The van der Waals surface area contributed by atoms with Crippen LogP contribution >= 0.6 is 0 Å². The van der Waals surface area contributed by atoms with Crippen molar-refractivity contribution in [2.24, 2.45) is 0 Å². The van der Waals surface area contributed by atoms with E-state index in [4.69, 9.17) is 4.74 Å². The molecule has 0 radical (unpaired) electrons. The van der Waals surface area contributed by atoms with E-state index in [1.807, 2.05) is 24.3 Å². The topological polar surface area (TPSA) is 61.3 Å². The third kappa shape index (κ3) is 3.78. The Hall–Kier alpha value is -2.43. The van der Waals surface area contributed by atoms with Gasteiger partial charge in [0.15, 0.2) is 5.69 Å². The summed E-state index contributed by atoms with van der Waals surface area (Å²) >= 11 is 0. The fourth-order valence-electron chi connectivity index (χ4n) is 1.75. The van der Waals surface area contributed by atoms with E-state index in [0.29, 0.717) is 5.75 Å². The Morgan fingerprint density at radius 3 is 2.62 bits per heavy atom. The summed E-state index contributed by atoms with van der Waals surface area (Å²) in [6.45, 7) is 6.39. The number of esters is 1. The van der Waals surface area contributed by atoms with Crippen LogP contribution in [0.15, 0.2) is 36.7 Å². The van der Waals surface area contributed by atoms with E-state index in [0.717, 1.165) is 5.56 Å². The summed E-state index contributed by atoms with van der Waals surface area (Å²) in [5, 5.41) is 0. The molecule has 0 spiro atoms. The van der Waals surface area contributed by atoms with Crippen LogP contribution < -0.4 is 4.74 Å².